The Morgan fingerprint density at radius 2 is 0.800 bits per heavy atom. The van der Waals surface area contributed by atoms with E-state index in [-0.39, 0.29) is 25.9 Å². The average Bonchev–Trinajstić information content (AvgIpc) is 3.35. The number of allylic oxidation sites excluding steroid dienone is 16. The van der Waals surface area contributed by atoms with Gasteiger partial charge in [-0.15, -0.1) is 0 Å². The van der Waals surface area contributed by atoms with Crippen molar-refractivity contribution in [3.05, 3.63) is 97.2 Å². The van der Waals surface area contributed by atoms with Gasteiger partial charge in [0, 0.05) is 19.3 Å². The molecule has 0 aliphatic heterocycles. The highest BCUT2D eigenvalue weighted by Gasteiger charge is 2.28. The van der Waals surface area contributed by atoms with Crippen molar-refractivity contribution >= 4 is 25.7 Å². The van der Waals surface area contributed by atoms with Crippen molar-refractivity contribution in [1.82, 2.24) is 0 Å². The monoisotopic (exact) mass is 1000 g/mol. The molecule has 0 bridgehead atoms. The lowest BCUT2D eigenvalue weighted by atomic mass is 10.1. The van der Waals surface area contributed by atoms with Crippen LogP contribution < -0.4 is 0 Å². The van der Waals surface area contributed by atoms with E-state index in [9.17, 15) is 28.9 Å². The molecule has 0 aromatic carbocycles. The van der Waals surface area contributed by atoms with Gasteiger partial charge in [0.1, 0.15) is 12.7 Å². The average molecular weight is 1000 g/mol. The van der Waals surface area contributed by atoms with Crippen molar-refractivity contribution < 1.29 is 52.2 Å². The van der Waals surface area contributed by atoms with E-state index in [1.54, 1.807) is 0 Å². The molecule has 0 saturated carbocycles. The molecule has 0 rings (SSSR count). The number of aliphatic hydroxyl groups excluding tert-OH is 1. The molecule has 0 spiro atoms. The standard InChI is InChI=1S/C58H97O11P/c1-4-7-10-13-16-19-22-25-26-27-28-31-32-35-38-41-44-47-56(60)65-51-55(69-58(62)49-46-43-40-37-34-30-24-21-18-15-12-9-6-3)53-67-70(63,64)66-52-54(50-59)68-57(61)48-45-42-39-36-33-29-23-20-17-14-11-8-5-2/h9,11-12,14,16,18-21,23,25-26,30,34,40,43,54-55,59H,4-8,10,13,15,17,22,24,27-29,31-33,35-39,41-42,44-53H2,1-3H3,(H,63,64)/b12-9-,14-11-,19-16-,21-18-,23-20-,26-25-,34-30-,43-40-. The Hall–Kier alpha value is -3.60. The maximum absolute atomic E-state index is 12.9. The first-order valence-corrected chi connectivity index (χ1v) is 28.6. The second kappa shape index (κ2) is 51.7. The molecule has 2 N–H and O–H groups in total. The Kier molecular flexibility index (Phi) is 49.1. The zero-order valence-corrected chi connectivity index (χ0v) is 44.8. The van der Waals surface area contributed by atoms with E-state index >= 15 is 0 Å². The summed E-state index contributed by atoms with van der Waals surface area (Å²) in [6, 6.07) is 0. The topological polar surface area (TPSA) is 155 Å². The van der Waals surface area contributed by atoms with Crippen LogP contribution in [-0.2, 0) is 42.2 Å². The number of ether oxygens (including phenoxy) is 3. The molecule has 70 heavy (non-hydrogen) atoms. The Morgan fingerprint density at radius 1 is 0.414 bits per heavy atom. The summed E-state index contributed by atoms with van der Waals surface area (Å²) >= 11 is 0. The van der Waals surface area contributed by atoms with E-state index in [0.717, 1.165) is 116 Å². The van der Waals surface area contributed by atoms with Gasteiger partial charge in [0.05, 0.1) is 19.8 Å². The van der Waals surface area contributed by atoms with Gasteiger partial charge in [-0.25, -0.2) is 4.57 Å². The van der Waals surface area contributed by atoms with Crippen molar-refractivity contribution in [2.45, 2.75) is 226 Å². The van der Waals surface area contributed by atoms with E-state index in [0.29, 0.717) is 19.3 Å². The molecule has 0 radical (unpaired) electrons. The molecule has 11 nitrogen and oxygen atoms in total. The van der Waals surface area contributed by atoms with Crippen LogP contribution in [-0.4, -0.2) is 66.5 Å². The maximum atomic E-state index is 12.9. The Balaban J connectivity index is 4.82. The van der Waals surface area contributed by atoms with Crippen molar-refractivity contribution in [3.8, 4) is 0 Å². The van der Waals surface area contributed by atoms with Gasteiger partial charge < -0.3 is 24.2 Å². The first-order chi connectivity index (χ1) is 34.2. The second-order valence-electron chi connectivity index (χ2n) is 17.7. The molecule has 0 aliphatic carbocycles. The third kappa shape index (κ3) is 49.4. The maximum Gasteiger partial charge on any atom is 0.472 e. The molecule has 0 aromatic rings. The first-order valence-electron chi connectivity index (χ1n) is 27.1. The molecular formula is C58H97O11P. The number of phosphoric acid groups is 1. The summed E-state index contributed by atoms with van der Waals surface area (Å²) in [6.07, 6.45) is 59.6. The zero-order valence-electron chi connectivity index (χ0n) is 43.9. The summed E-state index contributed by atoms with van der Waals surface area (Å²) < 4.78 is 39.3. The molecule has 0 aliphatic rings. The second-order valence-corrected chi connectivity index (χ2v) is 19.1. The lowest BCUT2D eigenvalue weighted by Crippen LogP contribution is -2.30. The Bertz CT molecular complexity index is 1540. The van der Waals surface area contributed by atoms with Crippen LogP contribution in [0.2, 0.25) is 0 Å². The normalized spacial score (nSPS) is 14.2. The molecule has 12 heteroatoms. The van der Waals surface area contributed by atoms with Crippen LogP contribution in [0, 0.1) is 0 Å². The fourth-order valence-corrected chi connectivity index (χ4v) is 7.63. The number of unbranched alkanes of at least 4 members (excludes halogenated alkanes) is 16. The van der Waals surface area contributed by atoms with Crippen LogP contribution in [0.4, 0.5) is 0 Å². The van der Waals surface area contributed by atoms with Gasteiger partial charge in [-0.2, -0.15) is 0 Å². The summed E-state index contributed by atoms with van der Waals surface area (Å²) in [7, 11) is -4.77. The predicted octanol–water partition coefficient (Wildman–Crippen LogP) is 15.7. The number of carbonyl (C=O) groups excluding carboxylic acids is 3. The minimum Gasteiger partial charge on any atom is -0.462 e. The molecule has 3 atom stereocenters. The highest BCUT2D eigenvalue weighted by molar-refractivity contribution is 7.47. The van der Waals surface area contributed by atoms with E-state index in [4.69, 9.17) is 23.3 Å². The third-order valence-corrected chi connectivity index (χ3v) is 11.9. The highest BCUT2D eigenvalue weighted by Crippen LogP contribution is 2.43. The summed E-state index contributed by atoms with van der Waals surface area (Å²) in [6.45, 7) is 4.31. The zero-order chi connectivity index (χ0) is 51.3. The van der Waals surface area contributed by atoms with Gasteiger partial charge in [0.25, 0.3) is 0 Å². The predicted molar refractivity (Wildman–Crippen MR) is 288 cm³/mol. The fraction of sp³-hybridized carbons (Fsp3) is 0.672. The number of hydrogen-bond donors (Lipinski definition) is 2. The SMILES string of the molecule is CC/C=C\C/C=C\C/C=C\C/C=C\CCC(=O)OC(COC(=O)CCCCCCCCC/C=C\C/C=C\CCCCC)COP(=O)(O)OCC(CO)OC(=O)CCCCCCC/C=C\C/C=C\CCC. The van der Waals surface area contributed by atoms with Gasteiger partial charge in [-0.1, -0.05) is 189 Å². The number of rotatable bonds is 49. The van der Waals surface area contributed by atoms with Gasteiger partial charge in [-0.05, 0) is 103 Å². The van der Waals surface area contributed by atoms with E-state index < -0.39 is 57.8 Å². The van der Waals surface area contributed by atoms with Crippen LogP contribution in [0.1, 0.15) is 213 Å². The van der Waals surface area contributed by atoms with Gasteiger partial charge in [0.15, 0.2) is 6.10 Å². The first kappa shape index (κ1) is 66.4. The van der Waals surface area contributed by atoms with Crippen LogP contribution in [0.15, 0.2) is 97.2 Å². The number of aliphatic hydroxyl groups is 1. The Labute approximate surface area is 425 Å². The van der Waals surface area contributed by atoms with Crippen molar-refractivity contribution in [3.63, 3.8) is 0 Å². The molecule has 0 fully saturated rings. The van der Waals surface area contributed by atoms with Crippen molar-refractivity contribution in [2.24, 2.45) is 0 Å². The van der Waals surface area contributed by atoms with E-state index in [1.807, 2.05) is 12.2 Å². The van der Waals surface area contributed by atoms with Crippen LogP contribution in [0.3, 0.4) is 0 Å². The summed E-state index contributed by atoms with van der Waals surface area (Å²) in [5, 5.41) is 9.78. The van der Waals surface area contributed by atoms with E-state index in [2.05, 4.69) is 106 Å². The largest absolute Gasteiger partial charge is 0.472 e. The molecule has 0 amide bonds. The summed E-state index contributed by atoms with van der Waals surface area (Å²) in [4.78, 5) is 48.3. The highest BCUT2D eigenvalue weighted by atomic mass is 31.2. The molecule has 3 unspecified atom stereocenters. The van der Waals surface area contributed by atoms with E-state index in [1.165, 1.54) is 38.5 Å². The number of carbonyl (C=O) groups is 3. The van der Waals surface area contributed by atoms with Crippen molar-refractivity contribution in [2.75, 3.05) is 26.4 Å². The molecular weight excluding hydrogens is 904 g/mol. The molecule has 0 heterocycles. The summed E-state index contributed by atoms with van der Waals surface area (Å²) in [5.41, 5.74) is 0. The minimum atomic E-state index is -4.77. The van der Waals surface area contributed by atoms with Gasteiger partial charge in [-0.3, -0.25) is 23.4 Å². The number of hydrogen-bond acceptors (Lipinski definition) is 10. The smallest absolute Gasteiger partial charge is 0.462 e. The van der Waals surface area contributed by atoms with Crippen LogP contribution >= 0.6 is 7.82 Å². The molecule has 0 aromatic heterocycles. The van der Waals surface area contributed by atoms with Crippen LogP contribution in [0.5, 0.6) is 0 Å². The van der Waals surface area contributed by atoms with Gasteiger partial charge in [0.2, 0.25) is 0 Å². The quantitative estimate of drug-likeness (QED) is 0.0197. The lowest BCUT2D eigenvalue weighted by molar-refractivity contribution is -0.161. The molecule has 0 saturated heterocycles. The van der Waals surface area contributed by atoms with Crippen molar-refractivity contribution in [1.29, 1.82) is 0 Å². The van der Waals surface area contributed by atoms with Gasteiger partial charge >= 0.3 is 25.7 Å². The minimum absolute atomic E-state index is 0.0398. The van der Waals surface area contributed by atoms with Crippen LogP contribution in [0.25, 0.3) is 0 Å². The number of esters is 3. The number of phosphoric ester groups is 1. The lowest BCUT2D eigenvalue weighted by Gasteiger charge is -2.21. The fourth-order valence-electron chi connectivity index (χ4n) is 6.85. The Morgan fingerprint density at radius 3 is 1.29 bits per heavy atom. The molecule has 400 valence electrons. The summed E-state index contributed by atoms with van der Waals surface area (Å²) in [5.74, 6) is -1.60. The third-order valence-electron chi connectivity index (χ3n) is 11.0.